The Labute approximate surface area is 150 Å². The van der Waals surface area contributed by atoms with Gasteiger partial charge in [-0.3, -0.25) is 4.79 Å². The summed E-state index contributed by atoms with van der Waals surface area (Å²) in [6, 6.07) is 9.74. The lowest BCUT2D eigenvalue weighted by molar-refractivity contribution is 0.0906. The fourth-order valence-electron chi connectivity index (χ4n) is 3.05. The summed E-state index contributed by atoms with van der Waals surface area (Å²) >= 11 is 7.37. The molecule has 124 valence electrons. The van der Waals surface area contributed by atoms with Crippen LogP contribution in [0.2, 0.25) is 5.02 Å². The van der Waals surface area contributed by atoms with Crippen LogP contribution in [0.4, 0.5) is 0 Å². The van der Waals surface area contributed by atoms with E-state index >= 15 is 0 Å². The fraction of sp³-hybridized carbons (Fsp3) is 0.389. The van der Waals surface area contributed by atoms with Crippen molar-refractivity contribution in [3.8, 4) is 16.6 Å². The molecule has 4 nitrogen and oxygen atoms in total. The summed E-state index contributed by atoms with van der Waals surface area (Å²) in [5.41, 5.74) is 0.834. The molecule has 1 fully saturated rings. The van der Waals surface area contributed by atoms with Crippen molar-refractivity contribution in [2.75, 3.05) is 0 Å². The van der Waals surface area contributed by atoms with Crippen molar-refractivity contribution < 1.29 is 4.79 Å². The number of halogens is 1. The van der Waals surface area contributed by atoms with Crippen LogP contribution in [-0.2, 0) is 0 Å². The molecule has 1 amide bonds. The van der Waals surface area contributed by atoms with Gasteiger partial charge in [0, 0.05) is 10.6 Å². The third-order valence-electron chi connectivity index (χ3n) is 4.35. The molecule has 1 heterocycles. The Hall–Kier alpha value is -1.90. The predicted octanol–water partition coefficient (Wildman–Crippen LogP) is 4.73. The Kier molecular flexibility index (Phi) is 4.88. The van der Waals surface area contributed by atoms with E-state index < -0.39 is 5.54 Å². The number of nitriles is 1. The van der Waals surface area contributed by atoms with Gasteiger partial charge in [0.05, 0.1) is 11.8 Å². The summed E-state index contributed by atoms with van der Waals surface area (Å²) in [7, 11) is 0. The Morgan fingerprint density at radius 1 is 1.38 bits per heavy atom. The second kappa shape index (κ2) is 6.92. The standard InChI is InChI=1S/C18H18ClN3OS/c1-12-15(16(23)22-18(11-20)8-3-2-4-9-18)24-17(21-12)13-6-5-7-14(19)10-13/h5-7,10H,2-4,8-9H2,1H3,(H,22,23). The summed E-state index contributed by atoms with van der Waals surface area (Å²) in [5.74, 6) is -0.207. The number of aryl methyl sites for hydroxylation is 1. The number of hydrogen-bond acceptors (Lipinski definition) is 4. The number of carbonyl (C=O) groups excluding carboxylic acids is 1. The van der Waals surface area contributed by atoms with E-state index in [1.807, 2.05) is 25.1 Å². The van der Waals surface area contributed by atoms with Gasteiger partial charge in [-0.25, -0.2) is 4.98 Å². The van der Waals surface area contributed by atoms with Crippen molar-refractivity contribution in [1.29, 1.82) is 5.26 Å². The molecule has 24 heavy (non-hydrogen) atoms. The summed E-state index contributed by atoms with van der Waals surface area (Å²) in [4.78, 5) is 17.8. The highest BCUT2D eigenvalue weighted by Crippen LogP contribution is 2.31. The van der Waals surface area contributed by atoms with E-state index in [1.165, 1.54) is 11.3 Å². The minimum atomic E-state index is -0.734. The average molecular weight is 360 g/mol. The Bertz CT molecular complexity index is 803. The van der Waals surface area contributed by atoms with Crippen LogP contribution in [-0.4, -0.2) is 16.4 Å². The molecule has 1 aromatic carbocycles. The number of rotatable bonds is 3. The lowest BCUT2D eigenvalue weighted by Crippen LogP contribution is -2.48. The lowest BCUT2D eigenvalue weighted by atomic mass is 9.83. The van der Waals surface area contributed by atoms with Crippen molar-refractivity contribution in [3.63, 3.8) is 0 Å². The molecule has 1 aliphatic carbocycles. The first-order valence-corrected chi connectivity index (χ1v) is 9.20. The van der Waals surface area contributed by atoms with E-state index in [0.29, 0.717) is 28.4 Å². The van der Waals surface area contributed by atoms with E-state index in [1.54, 1.807) is 6.07 Å². The number of nitrogens with one attached hydrogen (secondary N) is 1. The fourth-order valence-corrected chi connectivity index (χ4v) is 4.19. The van der Waals surface area contributed by atoms with Gasteiger partial charge in [0.15, 0.2) is 0 Å². The topological polar surface area (TPSA) is 65.8 Å². The van der Waals surface area contributed by atoms with E-state index in [0.717, 1.165) is 29.8 Å². The van der Waals surface area contributed by atoms with Gasteiger partial charge in [-0.05, 0) is 31.9 Å². The molecule has 0 aliphatic heterocycles. The minimum Gasteiger partial charge on any atom is -0.333 e. The van der Waals surface area contributed by atoms with Crippen LogP contribution < -0.4 is 5.32 Å². The van der Waals surface area contributed by atoms with Gasteiger partial charge in [0.2, 0.25) is 0 Å². The molecule has 1 aromatic heterocycles. The van der Waals surface area contributed by atoms with Crippen LogP contribution in [0.1, 0.15) is 47.5 Å². The molecule has 0 radical (unpaired) electrons. The van der Waals surface area contributed by atoms with Crippen LogP contribution in [0.15, 0.2) is 24.3 Å². The SMILES string of the molecule is Cc1nc(-c2cccc(Cl)c2)sc1C(=O)NC1(C#N)CCCCC1. The molecule has 1 aliphatic rings. The summed E-state index contributed by atoms with van der Waals surface area (Å²) in [5, 5.41) is 13.9. The number of amides is 1. The highest BCUT2D eigenvalue weighted by molar-refractivity contribution is 7.17. The van der Waals surface area contributed by atoms with Gasteiger partial charge >= 0.3 is 0 Å². The molecule has 0 saturated heterocycles. The zero-order valence-corrected chi connectivity index (χ0v) is 15.0. The van der Waals surface area contributed by atoms with E-state index in [2.05, 4.69) is 16.4 Å². The third-order valence-corrected chi connectivity index (χ3v) is 5.79. The van der Waals surface area contributed by atoms with Crippen molar-refractivity contribution in [2.45, 2.75) is 44.6 Å². The largest absolute Gasteiger partial charge is 0.333 e. The quantitative estimate of drug-likeness (QED) is 0.861. The molecular weight excluding hydrogens is 342 g/mol. The predicted molar refractivity (Wildman–Crippen MR) is 96.2 cm³/mol. The molecule has 3 rings (SSSR count). The highest BCUT2D eigenvalue weighted by Gasteiger charge is 2.34. The first-order valence-electron chi connectivity index (χ1n) is 8.00. The average Bonchev–Trinajstić information content (AvgIpc) is 2.98. The normalized spacial score (nSPS) is 16.4. The van der Waals surface area contributed by atoms with Gasteiger partial charge < -0.3 is 5.32 Å². The number of aromatic nitrogens is 1. The van der Waals surface area contributed by atoms with Crippen molar-refractivity contribution >= 4 is 28.8 Å². The zero-order chi connectivity index (χ0) is 17.2. The second-order valence-corrected chi connectivity index (χ2v) is 7.59. The van der Waals surface area contributed by atoms with Crippen molar-refractivity contribution in [2.24, 2.45) is 0 Å². The number of benzene rings is 1. The van der Waals surface area contributed by atoms with E-state index in [9.17, 15) is 10.1 Å². The number of hydrogen-bond donors (Lipinski definition) is 1. The molecule has 0 atom stereocenters. The maximum absolute atomic E-state index is 12.7. The molecule has 0 unspecified atom stereocenters. The maximum atomic E-state index is 12.7. The molecular formula is C18H18ClN3OS. The highest BCUT2D eigenvalue weighted by atomic mass is 35.5. The minimum absolute atomic E-state index is 0.207. The van der Waals surface area contributed by atoms with E-state index in [-0.39, 0.29) is 5.91 Å². The third kappa shape index (κ3) is 3.45. The van der Waals surface area contributed by atoms with Crippen molar-refractivity contribution in [1.82, 2.24) is 10.3 Å². The molecule has 1 saturated carbocycles. The van der Waals surface area contributed by atoms with Crippen molar-refractivity contribution in [3.05, 3.63) is 39.9 Å². The first kappa shape index (κ1) is 16.9. The zero-order valence-electron chi connectivity index (χ0n) is 13.4. The van der Waals surface area contributed by atoms with Gasteiger partial charge in [-0.2, -0.15) is 5.26 Å². The van der Waals surface area contributed by atoms with Crippen LogP contribution in [0.3, 0.4) is 0 Å². The van der Waals surface area contributed by atoms with Crippen LogP contribution >= 0.6 is 22.9 Å². The maximum Gasteiger partial charge on any atom is 0.264 e. The Balaban J connectivity index is 1.84. The van der Waals surface area contributed by atoms with E-state index in [4.69, 9.17) is 11.6 Å². The summed E-state index contributed by atoms with van der Waals surface area (Å²) in [6.45, 7) is 1.82. The summed E-state index contributed by atoms with van der Waals surface area (Å²) < 4.78 is 0. The number of nitrogens with zero attached hydrogens (tertiary/aromatic N) is 2. The van der Waals surface area contributed by atoms with Crippen LogP contribution in [0, 0.1) is 18.3 Å². The Morgan fingerprint density at radius 2 is 2.12 bits per heavy atom. The molecule has 1 N–H and O–H groups in total. The molecule has 2 aromatic rings. The smallest absolute Gasteiger partial charge is 0.264 e. The number of carbonyl (C=O) groups is 1. The molecule has 0 spiro atoms. The lowest BCUT2D eigenvalue weighted by Gasteiger charge is -2.31. The van der Waals surface area contributed by atoms with Gasteiger partial charge in [-0.15, -0.1) is 11.3 Å². The van der Waals surface area contributed by atoms with Crippen LogP contribution in [0.25, 0.3) is 10.6 Å². The van der Waals surface area contributed by atoms with Gasteiger partial charge in [0.25, 0.3) is 5.91 Å². The van der Waals surface area contributed by atoms with Gasteiger partial charge in [-0.1, -0.05) is 43.0 Å². The van der Waals surface area contributed by atoms with Crippen LogP contribution in [0.5, 0.6) is 0 Å². The molecule has 0 bridgehead atoms. The molecule has 6 heteroatoms. The first-order chi connectivity index (χ1) is 11.5. The monoisotopic (exact) mass is 359 g/mol. The van der Waals surface area contributed by atoms with Gasteiger partial charge in [0.1, 0.15) is 15.4 Å². The summed E-state index contributed by atoms with van der Waals surface area (Å²) in [6.07, 6.45) is 4.51. The number of thiazole rings is 1. The second-order valence-electron chi connectivity index (χ2n) is 6.15. The Morgan fingerprint density at radius 3 is 2.79 bits per heavy atom.